The van der Waals surface area contributed by atoms with Crippen molar-refractivity contribution in [3.63, 3.8) is 0 Å². The average molecular weight is 323 g/mol. The van der Waals surface area contributed by atoms with Gasteiger partial charge in [0.1, 0.15) is 5.01 Å². The van der Waals surface area contributed by atoms with Crippen LogP contribution in [0.5, 0.6) is 0 Å². The number of thiazole rings is 1. The van der Waals surface area contributed by atoms with Crippen molar-refractivity contribution in [2.24, 2.45) is 0 Å². The van der Waals surface area contributed by atoms with Crippen molar-refractivity contribution < 1.29 is 0 Å². The van der Waals surface area contributed by atoms with Crippen molar-refractivity contribution >= 4 is 34.9 Å². The van der Waals surface area contributed by atoms with Crippen LogP contribution in [-0.2, 0) is 0 Å². The van der Waals surface area contributed by atoms with Gasteiger partial charge in [-0.05, 0) is 17.9 Å². The van der Waals surface area contributed by atoms with Crippen molar-refractivity contribution in [3.05, 3.63) is 35.3 Å². The zero-order chi connectivity index (χ0) is 13.8. The first-order valence-electron chi connectivity index (χ1n) is 6.86. The second kappa shape index (κ2) is 6.98. The van der Waals surface area contributed by atoms with Crippen molar-refractivity contribution in [1.82, 2.24) is 10.3 Å². The molecule has 1 aliphatic rings. The summed E-state index contributed by atoms with van der Waals surface area (Å²) in [6.45, 7) is 3.27. The lowest BCUT2D eigenvalue weighted by Crippen LogP contribution is -2.30. The van der Waals surface area contributed by atoms with E-state index in [9.17, 15) is 0 Å². The summed E-state index contributed by atoms with van der Waals surface area (Å²) in [5.41, 5.74) is 2.43. The lowest BCUT2D eigenvalue weighted by Gasteiger charge is -2.21. The number of nitrogens with one attached hydrogen (secondary N) is 1. The van der Waals surface area contributed by atoms with E-state index in [1.54, 1.807) is 11.3 Å². The second-order valence-electron chi connectivity index (χ2n) is 4.62. The van der Waals surface area contributed by atoms with Crippen LogP contribution < -0.4 is 5.32 Å². The van der Waals surface area contributed by atoms with Crippen LogP contribution in [-0.4, -0.2) is 28.8 Å². The van der Waals surface area contributed by atoms with Crippen LogP contribution in [0.1, 0.15) is 18.7 Å². The SMILES string of the molecule is CCSc1ccc(-c2nc(C3CSCCN3)cs2)cc1. The first-order chi connectivity index (χ1) is 9.86. The maximum absolute atomic E-state index is 4.82. The summed E-state index contributed by atoms with van der Waals surface area (Å²) < 4.78 is 0. The molecule has 0 aliphatic carbocycles. The first kappa shape index (κ1) is 14.4. The second-order valence-corrected chi connectivity index (χ2v) is 7.96. The lowest BCUT2D eigenvalue weighted by molar-refractivity contribution is 0.584. The molecule has 0 saturated carbocycles. The quantitative estimate of drug-likeness (QED) is 0.848. The van der Waals surface area contributed by atoms with Crippen LogP contribution in [0.3, 0.4) is 0 Å². The predicted molar refractivity (Wildman–Crippen MR) is 92.0 cm³/mol. The normalized spacial score (nSPS) is 19.1. The fourth-order valence-corrected chi connectivity index (χ4v) is 4.69. The molecule has 1 aromatic carbocycles. The van der Waals surface area contributed by atoms with Gasteiger partial charge < -0.3 is 5.32 Å². The van der Waals surface area contributed by atoms with Gasteiger partial charge >= 0.3 is 0 Å². The smallest absolute Gasteiger partial charge is 0.123 e. The highest BCUT2D eigenvalue weighted by atomic mass is 32.2. The Morgan fingerprint density at radius 1 is 1.35 bits per heavy atom. The summed E-state index contributed by atoms with van der Waals surface area (Å²) >= 11 is 5.64. The fourth-order valence-electron chi connectivity index (χ4n) is 2.19. The number of benzene rings is 1. The van der Waals surface area contributed by atoms with Crippen molar-refractivity contribution in [1.29, 1.82) is 0 Å². The molecule has 2 heterocycles. The maximum atomic E-state index is 4.82. The van der Waals surface area contributed by atoms with E-state index in [0.29, 0.717) is 6.04 Å². The molecular formula is C15H18N2S3. The van der Waals surface area contributed by atoms with Crippen LogP contribution in [0.4, 0.5) is 0 Å². The summed E-state index contributed by atoms with van der Waals surface area (Å²) in [4.78, 5) is 6.15. The van der Waals surface area contributed by atoms with Gasteiger partial charge in [-0.1, -0.05) is 19.1 Å². The highest BCUT2D eigenvalue weighted by molar-refractivity contribution is 7.99. The Kier molecular flexibility index (Phi) is 5.04. The molecule has 0 amide bonds. The third-order valence-electron chi connectivity index (χ3n) is 3.21. The molecule has 2 aromatic rings. The van der Waals surface area contributed by atoms with Gasteiger partial charge in [0, 0.05) is 33.9 Å². The molecule has 3 rings (SSSR count). The van der Waals surface area contributed by atoms with Crippen molar-refractivity contribution in [3.8, 4) is 10.6 Å². The van der Waals surface area contributed by atoms with E-state index < -0.39 is 0 Å². The third-order valence-corrected chi connectivity index (χ3v) is 6.08. The molecule has 106 valence electrons. The Morgan fingerprint density at radius 2 is 2.20 bits per heavy atom. The van der Waals surface area contributed by atoms with Gasteiger partial charge in [0.2, 0.25) is 0 Å². The van der Waals surface area contributed by atoms with Crippen LogP contribution in [0, 0.1) is 0 Å². The molecule has 1 N–H and O–H groups in total. The van der Waals surface area contributed by atoms with Crippen LogP contribution in [0.25, 0.3) is 10.6 Å². The molecule has 1 aliphatic heterocycles. The molecule has 2 nitrogen and oxygen atoms in total. The molecule has 0 spiro atoms. The van der Waals surface area contributed by atoms with Gasteiger partial charge in [-0.2, -0.15) is 11.8 Å². The average Bonchev–Trinajstić information content (AvgIpc) is 2.99. The Balaban J connectivity index is 1.75. The van der Waals surface area contributed by atoms with Crippen LogP contribution >= 0.6 is 34.9 Å². The van der Waals surface area contributed by atoms with Gasteiger partial charge in [-0.3, -0.25) is 0 Å². The first-order valence-corrected chi connectivity index (χ1v) is 9.88. The standard InChI is InChI=1S/C15H18N2S3/c1-2-19-12-5-3-11(4-6-12)15-17-14(10-20-15)13-9-18-8-7-16-13/h3-6,10,13,16H,2,7-9H2,1H3. The highest BCUT2D eigenvalue weighted by Gasteiger charge is 2.18. The Labute approximate surface area is 132 Å². The summed E-state index contributed by atoms with van der Waals surface area (Å²) in [5.74, 6) is 3.46. The molecule has 1 atom stereocenters. The van der Waals surface area contributed by atoms with E-state index in [-0.39, 0.29) is 0 Å². The lowest BCUT2D eigenvalue weighted by atomic mass is 10.2. The van der Waals surface area contributed by atoms with E-state index in [0.717, 1.165) is 23.1 Å². The molecular weight excluding hydrogens is 304 g/mol. The highest BCUT2D eigenvalue weighted by Crippen LogP contribution is 2.30. The molecule has 20 heavy (non-hydrogen) atoms. The maximum Gasteiger partial charge on any atom is 0.123 e. The number of nitrogens with zero attached hydrogens (tertiary/aromatic N) is 1. The molecule has 0 radical (unpaired) electrons. The summed E-state index contributed by atoms with van der Waals surface area (Å²) in [6.07, 6.45) is 0. The number of thioether (sulfide) groups is 2. The molecule has 1 fully saturated rings. The predicted octanol–water partition coefficient (Wildman–Crippen LogP) is 4.30. The number of rotatable bonds is 4. The summed E-state index contributed by atoms with van der Waals surface area (Å²) in [7, 11) is 0. The van der Waals surface area contributed by atoms with E-state index >= 15 is 0 Å². The van der Waals surface area contributed by atoms with Crippen LogP contribution in [0.15, 0.2) is 34.5 Å². The molecule has 5 heteroatoms. The van der Waals surface area contributed by atoms with Gasteiger partial charge in [-0.25, -0.2) is 4.98 Å². The fraction of sp³-hybridized carbons (Fsp3) is 0.400. The van der Waals surface area contributed by atoms with Crippen LogP contribution in [0.2, 0.25) is 0 Å². The summed E-state index contributed by atoms with van der Waals surface area (Å²) in [5, 5.41) is 6.88. The number of hydrogen-bond donors (Lipinski definition) is 1. The van der Waals surface area contributed by atoms with Crippen molar-refractivity contribution in [2.45, 2.75) is 17.9 Å². The molecule has 1 saturated heterocycles. The molecule has 1 aromatic heterocycles. The Bertz CT molecular complexity index is 545. The molecule has 1 unspecified atom stereocenters. The topological polar surface area (TPSA) is 24.9 Å². The largest absolute Gasteiger partial charge is 0.307 e. The number of hydrogen-bond acceptors (Lipinski definition) is 5. The third kappa shape index (κ3) is 3.39. The van der Waals surface area contributed by atoms with Gasteiger partial charge in [-0.15, -0.1) is 23.1 Å². The van der Waals surface area contributed by atoms with Gasteiger partial charge in [0.25, 0.3) is 0 Å². The minimum atomic E-state index is 0.425. The van der Waals surface area contributed by atoms with E-state index in [1.165, 1.54) is 21.9 Å². The Morgan fingerprint density at radius 3 is 2.90 bits per heavy atom. The van der Waals surface area contributed by atoms with Gasteiger partial charge in [0.15, 0.2) is 0 Å². The molecule has 0 bridgehead atoms. The zero-order valence-corrected chi connectivity index (χ0v) is 13.9. The minimum absolute atomic E-state index is 0.425. The zero-order valence-electron chi connectivity index (χ0n) is 11.5. The minimum Gasteiger partial charge on any atom is -0.307 e. The number of aromatic nitrogens is 1. The Hall–Kier alpha value is -0.490. The van der Waals surface area contributed by atoms with E-state index in [4.69, 9.17) is 4.98 Å². The van der Waals surface area contributed by atoms with Crippen molar-refractivity contribution in [2.75, 3.05) is 23.8 Å². The van der Waals surface area contributed by atoms with E-state index in [1.807, 2.05) is 23.5 Å². The van der Waals surface area contributed by atoms with E-state index in [2.05, 4.69) is 41.9 Å². The summed E-state index contributed by atoms with van der Waals surface area (Å²) in [6, 6.07) is 9.18. The van der Waals surface area contributed by atoms with Gasteiger partial charge in [0.05, 0.1) is 11.7 Å². The monoisotopic (exact) mass is 322 g/mol.